The first kappa shape index (κ1) is 17.9. The molecule has 2 fully saturated rings. The third kappa shape index (κ3) is 4.40. The average Bonchev–Trinajstić information content (AvgIpc) is 3.22. The molecule has 2 aliphatic heterocycles. The number of benzene rings is 1. The Labute approximate surface area is 149 Å². The Balaban J connectivity index is 1.55. The van der Waals surface area contributed by atoms with Crippen LogP contribution in [0, 0.1) is 11.8 Å². The molecule has 0 unspecified atom stereocenters. The van der Waals surface area contributed by atoms with Crippen LogP contribution in [-0.4, -0.2) is 36.1 Å². The fourth-order valence-corrected chi connectivity index (χ4v) is 3.92. The topological polar surface area (TPSA) is 68.1 Å². The van der Waals surface area contributed by atoms with Gasteiger partial charge < -0.3 is 14.7 Å². The van der Waals surface area contributed by atoms with Crippen molar-refractivity contribution < 1.29 is 19.5 Å². The van der Waals surface area contributed by atoms with Crippen LogP contribution in [0.4, 0.5) is 0 Å². The number of ether oxygens (including phenoxy) is 1. The second-order valence-electron chi connectivity index (χ2n) is 7.01. The Morgan fingerprint density at radius 1 is 1.32 bits per heavy atom. The number of nitrogens with zero attached hydrogens (tertiary/aromatic N) is 1. The lowest BCUT2D eigenvalue weighted by Crippen LogP contribution is -2.28. The van der Waals surface area contributed by atoms with Gasteiger partial charge >= 0.3 is 5.97 Å². The van der Waals surface area contributed by atoms with Crippen LogP contribution < -0.4 is 0 Å². The van der Waals surface area contributed by atoms with Crippen molar-refractivity contribution in [2.45, 2.75) is 57.7 Å². The minimum absolute atomic E-state index is 0.280. The molecule has 5 heteroatoms. The molecule has 0 amide bonds. The van der Waals surface area contributed by atoms with Crippen LogP contribution in [0.15, 0.2) is 29.4 Å². The van der Waals surface area contributed by atoms with E-state index in [1.165, 1.54) is 5.56 Å². The van der Waals surface area contributed by atoms with E-state index in [0.717, 1.165) is 38.5 Å². The number of oxime groups is 1. The van der Waals surface area contributed by atoms with E-state index in [2.05, 4.69) is 12.1 Å². The number of carboxylic acid groups (broad SMARTS) is 1. The molecule has 1 aromatic carbocycles. The Morgan fingerprint density at radius 3 is 2.80 bits per heavy atom. The van der Waals surface area contributed by atoms with Gasteiger partial charge in [0.2, 0.25) is 0 Å². The van der Waals surface area contributed by atoms with Gasteiger partial charge in [0.25, 0.3) is 0 Å². The van der Waals surface area contributed by atoms with E-state index in [4.69, 9.17) is 14.7 Å². The highest BCUT2D eigenvalue weighted by molar-refractivity contribution is 5.87. The maximum atomic E-state index is 10.9. The molecule has 25 heavy (non-hydrogen) atoms. The number of hydrogen-bond acceptors (Lipinski definition) is 4. The van der Waals surface area contributed by atoms with E-state index < -0.39 is 5.97 Å². The van der Waals surface area contributed by atoms with Crippen LogP contribution in [0.25, 0.3) is 0 Å². The molecule has 5 nitrogen and oxygen atoms in total. The molecule has 3 rings (SSSR count). The standard InChI is InChI=1S/C20H27NO4/c1-2-3-12-24-21-13-17-16(18-10-11-19(17)25-18)9-6-14-4-7-15(8-5-14)20(22)23/h4-5,7-8,13,16-19H,2-3,6,9-12H2,1H3,(H,22,23)/t16-,17+,18-,19+/m0/s1. The highest BCUT2D eigenvalue weighted by Gasteiger charge is 2.47. The number of rotatable bonds is 9. The molecule has 4 atom stereocenters. The molecule has 2 bridgehead atoms. The summed E-state index contributed by atoms with van der Waals surface area (Å²) in [5, 5.41) is 13.2. The van der Waals surface area contributed by atoms with Crippen LogP contribution in [0.5, 0.6) is 0 Å². The molecule has 2 heterocycles. The van der Waals surface area contributed by atoms with E-state index in [1.54, 1.807) is 12.1 Å². The molecule has 2 aliphatic rings. The number of aryl methyl sites for hydroxylation is 1. The molecule has 0 aromatic heterocycles. The van der Waals surface area contributed by atoms with E-state index in [9.17, 15) is 4.79 Å². The second kappa shape index (κ2) is 8.48. The van der Waals surface area contributed by atoms with Crippen LogP contribution >= 0.6 is 0 Å². The third-order valence-electron chi connectivity index (χ3n) is 5.35. The fraction of sp³-hybridized carbons (Fsp3) is 0.600. The van der Waals surface area contributed by atoms with Gasteiger partial charge in [0.05, 0.1) is 17.8 Å². The van der Waals surface area contributed by atoms with Gasteiger partial charge in [-0.3, -0.25) is 0 Å². The van der Waals surface area contributed by atoms with Gasteiger partial charge in [-0.15, -0.1) is 0 Å². The molecule has 0 spiro atoms. The van der Waals surface area contributed by atoms with Gasteiger partial charge in [-0.05, 0) is 55.7 Å². The number of carbonyl (C=O) groups is 1. The Morgan fingerprint density at radius 2 is 2.08 bits per heavy atom. The van der Waals surface area contributed by atoms with Crippen molar-refractivity contribution in [3.05, 3.63) is 35.4 Å². The first-order valence-corrected chi connectivity index (χ1v) is 9.32. The normalized spacial score (nSPS) is 27.9. The number of fused-ring (bicyclic) bond motifs is 2. The summed E-state index contributed by atoms with van der Waals surface area (Å²) in [7, 11) is 0. The van der Waals surface area contributed by atoms with Crippen molar-refractivity contribution in [3.63, 3.8) is 0 Å². The van der Waals surface area contributed by atoms with Crippen LogP contribution in [0.1, 0.15) is 54.9 Å². The van der Waals surface area contributed by atoms with E-state index >= 15 is 0 Å². The lowest BCUT2D eigenvalue weighted by molar-refractivity contribution is 0.0697. The van der Waals surface area contributed by atoms with Gasteiger partial charge in [-0.25, -0.2) is 4.79 Å². The van der Waals surface area contributed by atoms with Crippen molar-refractivity contribution in [3.8, 4) is 0 Å². The van der Waals surface area contributed by atoms with Crippen molar-refractivity contribution >= 4 is 12.2 Å². The van der Waals surface area contributed by atoms with E-state index in [1.807, 2.05) is 18.3 Å². The average molecular weight is 345 g/mol. The van der Waals surface area contributed by atoms with Gasteiger partial charge in [-0.2, -0.15) is 0 Å². The van der Waals surface area contributed by atoms with Gasteiger partial charge in [0.15, 0.2) is 0 Å². The predicted octanol–water partition coefficient (Wildman–Crippen LogP) is 3.91. The summed E-state index contributed by atoms with van der Waals surface area (Å²) in [4.78, 5) is 16.3. The molecular formula is C20H27NO4. The number of carboxylic acids is 1. The second-order valence-corrected chi connectivity index (χ2v) is 7.01. The number of aromatic carboxylic acids is 1. The largest absolute Gasteiger partial charge is 0.478 e. The smallest absolute Gasteiger partial charge is 0.335 e. The van der Waals surface area contributed by atoms with Gasteiger partial charge in [0.1, 0.15) is 6.61 Å². The van der Waals surface area contributed by atoms with Crippen LogP contribution in [0.2, 0.25) is 0 Å². The summed E-state index contributed by atoms with van der Waals surface area (Å²) in [6.07, 6.45) is 8.90. The summed E-state index contributed by atoms with van der Waals surface area (Å²) in [5.41, 5.74) is 1.50. The van der Waals surface area contributed by atoms with Crippen molar-refractivity contribution in [2.75, 3.05) is 6.61 Å². The molecule has 1 N–H and O–H groups in total. The van der Waals surface area contributed by atoms with E-state index in [0.29, 0.717) is 30.1 Å². The predicted molar refractivity (Wildman–Crippen MR) is 95.9 cm³/mol. The SMILES string of the molecule is CCCCON=C[C@@H]1[C@H](CCc2ccc(C(=O)O)cc2)[C@@H]2CC[C@H]1O2. The number of unbranched alkanes of at least 4 members (excludes halogenated alkanes) is 1. The zero-order valence-corrected chi connectivity index (χ0v) is 14.8. The summed E-state index contributed by atoms with van der Waals surface area (Å²) < 4.78 is 6.09. The van der Waals surface area contributed by atoms with Gasteiger partial charge in [0, 0.05) is 12.1 Å². The molecule has 0 aliphatic carbocycles. The molecule has 2 saturated heterocycles. The lowest BCUT2D eigenvalue weighted by atomic mass is 9.77. The number of hydrogen-bond donors (Lipinski definition) is 1. The molecular weight excluding hydrogens is 318 g/mol. The van der Waals surface area contributed by atoms with E-state index in [-0.39, 0.29) is 6.10 Å². The minimum atomic E-state index is -0.882. The Kier molecular flexibility index (Phi) is 6.08. The summed E-state index contributed by atoms with van der Waals surface area (Å²) >= 11 is 0. The highest BCUT2D eigenvalue weighted by atomic mass is 16.6. The third-order valence-corrected chi connectivity index (χ3v) is 5.35. The van der Waals surface area contributed by atoms with Crippen LogP contribution in [0.3, 0.4) is 0 Å². The molecule has 1 aromatic rings. The van der Waals surface area contributed by atoms with Crippen molar-refractivity contribution in [2.24, 2.45) is 17.0 Å². The summed E-state index contributed by atoms with van der Waals surface area (Å²) in [6, 6.07) is 7.17. The first-order chi connectivity index (χ1) is 12.2. The summed E-state index contributed by atoms with van der Waals surface area (Å²) in [5.74, 6) is -0.0810. The monoisotopic (exact) mass is 345 g/mol. The quantitative estimate of drug-likeness (QED) is 0.418. The van der Waals surface area contributed by atoms with Crippen LogP contribution in [-0.2, 0) is 16.0 Å². The zero-order valence-electron chi connectivity index (χ0n) is 14.8. The van der Waals surface area contributed by atoms with Gasteiger partial charge in [-0.1, -0.05) is 30.6 Å². The molecule has 0 saturated carbocycles. The van der Waals surface area contributed by atoms with Crippen molar-refractivity contribution in [1.29, 1.82) is 0 Å². The molecule has 136 valence electrons. The Hall–Kier alpha value is -1.88. The molecule has 0 radical (unpaired) electrons. The maximum absolute atomic E-state index is 10.9. The maximum Gasteiger partial charge on any atom is 0.335 e. The Bertz CT molecular complexity index is 598. The zero-order chi connectivity index (χ0) is 17.6. The minimum Gasteiger partial charge on any atom is -0.478 e. The lowest BCUT2D eigenvalue weighted by Gasteiger charge is -2.24. The van der Waals surface area contributed by atoms with Crippen molar-refractivity contribution in [1.82, 2.24) is 0 Å². The summed E-state index contributed by atoms with van der Waals surface area (Å²) in [6.45, 7) is 2.81. The highest BCUT2D eigenvalue weighted by Crippen LogP contribution is 2.44. The fourth-order valence-electron chi connectivity index (χ4n) is 3.92. The first-order valence-electron chi connectivity index (χ1n) is 9.32.